The van der Waals surface area contributed by atoms with Crippen molar-refractivity contribution in [2.45, 2.75) is 6.92 Å². The van der Waals surface area contributed by atoms with Crippen molar-refractivity contribution in [3.8, 4) is 0 Å². The van der Waals surface area contributed by atoms with Gasteiger partial charge >= 0.3 is 0 Å². The monoisotopic (exact) mass is 133 g/mol. The number of nitrogen functional groups attached to an aromatic ring is 1. The number of hydrogen-bond acceptors (Lipinski definition) is 1. The Kier molecular flexibility index (Phi) is 1.71. The van der Waals surface area contributed by atoms with E-state index < -0.39 is 0 Å². The minimum absolute atomic E-state index is 0.0729. The Balaban J connectivity index is 3.07. The van der Waals surface area contributed by atoms with Crippen molar-refractivity contribution in [3.63, 3.8) is 0 Å². The van der Waals surface area contributed by atoms with Gasteiger partial charge in [-0.05, 0) is 19.1 Å². The van der Waals surface area contributed by atoms with E-state index in [4.69, 9.17) is 11.1 Å². The molecule has 3 N–H and O–H groups in total. The highest BCUT2D eigenvalue weighted by Crippen LogP contribution is 2.00. The summed E-state index contributed by atoms with van der Waals surface area (Å²) in [6, 6.07) is 8.39. The third-order valence-electron chi connectivity index (χ3n) is 1.25. The highest BCUT2D eigenvalue weighted by molar-refractivity contribution is 5.94. The van der Waals surface area contributed by atoms with Gasteiger partial charge in [-0.25, -0.2) is 0 Å². The standard InChI is InChI=1S/C8H9N2/c1-6-3-2-4-7(5-6)8(9)10/h2-3,5H,1H3,(H3,9,10). The second kappa shape index (κ2) is 2.52. The van der Waals surface area contributed by atoms with Gasteiger partial charge in [-0.2, -0.15) is 0 Å². The molecule has 2 heteroatoms. The second-order valence-corrected chi connectivity index (χ2v) is 2.19. The van der Waals surface area contributed by atoms with Gasteiger partial charge in [0.05, 0.1) is 0 Å². The SMILES string of the molecule is Cc1cc[c]c(C(=N)N)c1. The van der Waals surface area contributed by atoms with Gasteiger partial charge in [0.2, 0.25) is 0 Å². The fourth-order valence-corrected chi connectivity index (χ4v) is 0.736. The predicted octanol–water partition coefficient (Wildman–Crippen LogP) is 1.08. The molecule has 0 aliphatic carbocycles. The lowest BCUT2D eigenvalue weighted by atomic mass is 10.1. The normalized spacial score (nSPS) is 9.30. The summed E-state index contributed by atoms with van der Waals surface area (Å²) in [5.41, 5.74) is 7.00. The Morgan fingerprint density at radius 1 is 1.70 bits per heavy atom. The van der Waals surface area contributed by atoms with E-state index in [1.807, 2.05) is 19.1 Å². The van der Waals surface area contributed by atoms with Crippen molar-refractivity contribution in [1.29, 1.82) is 5.41 Å². The molecule has 0 atom stereocenters. The first-order valence-electron chi connectivity index (χ1n) is 3.03. The molecule has 2 nitrogen and oxygen atoms in total. The zero-order chi connectivity index (χ0) is 7.56. The van der Waals surface area contributed by atoms with Gasteiger partial charge in [-0.15, -0.1) is 0 Å². The van der Waals surface area contributed by atoms with Gasteiger partial charge in [0.1, 0.15) is 5.84 Å². The average Bonchev–Trinajstić information content (AvgIpc) is 1.88. The molecule has 0 aliphatic heterocycles. The molecule has 1 rings (SSSR count). The minimum Gasteiger partial charge on any atom is -0.384 e. The van der Waals surface area contributed by atoms with Crippen LogP contribution in [-0.4, -0.2) is 5.84 Å². The molecular formula is C8H9N2. The smallest absolute Gasteiger partial charge is 0.123 e. The van der Waals surface area contributed by atoms with Crippen molar-refractivity contribution in [2.24, 2.45) is 5.73 Å². The zero-order valence-corrected chi connectivity index (χ0v) is 5.81. The Hall–Kier alpha value is -1.31. The van der Waals surface area contributed by atoms with Crippen LogP contribution >= 0.6 is 0 Å². The molecule has 0 aliphatic rings. The van der Waals surface area contributed by atoms with Crippen molar-refractivity contribution in [3.05, 3.63) is 35.4 Å². The maximum absolute atomic E-state index is 7.08. The summed E-state index contributed by atoms with van der Waals surface area (Å²) in [5, 5.41) is 7.08. The van der Waals surface area contributed by atoms with Gasteiger partial charge in [-0.3, -0.25) is 5.41 Å². The van der Waals surface area contributed by atoms with Crippen LogP contribution in [0.2, 0.25) is 0 Å². The lowest BCUT2D eigenvalue weighted by Gasteiger charge is -1.96. The molecule has 0 unspecified atom stereocenters. The van der Waals surface area contributed by atoms with E-state index in [0.717, 1.165) is 5.56 Å². The van der Waals surface area contributed by atoms with Gasteiger partial charge in [-0.1, -0.05) is 17.7 Å². The number of benzene rings is 1. The van der Waals surface area contributed by atoms with Crippen molar-refractivity contribution < 1.29 is 0 Å². The molecule has 0 saturated heterocycles. The largest absolute Gasteiger partial charge is 0.384 e. The van der Waals surface area contributed by atoms with Crippen LogP contribution in [0.5, 0.6) is 0 Å². The number of nitrogens with two attached hydrogens (primary N) is 1. The van der Waals surface area contributed by atoms with Crippen LogP contribution < -0.4 is 5.73 Å². The minimum atomic E-state index is 0.0729. The lowest BCUT2D eigenvalue weighted by Crippen LogP contribution is -2.10. The Morgan fingerprint density at radius 2 is 2.40 bits per heavy atom. The number of rotatable bonds is 1. The molecule has 1 aromatic carbocycles. The summed E-state index contributed by atoms with van der Waals surface area (Å²) in [4.78, 5) is 0. The molecule has 10 heavy (non-hydrogen) atoms. The van der Waals surface area contributed by atoms with Crippen LogP contribution in [0.15, 0.2) is 18.2 Å². The number of amidine groups is 1. The molecular weight excluding hydrogens is 124 g/mol. The lowest BCUT2D eigenvalue weighted by molar-refractivity contribution is 1.39. The Labute approximate surface area is 60.2 Å². The quantitative estimate of drug-likeness (QED) is 0.437. The first-order valence-corrected chi connectivity index (χ1v) is 3.03. The van der Waals surface area contributed by atoms with E-state index in [2.05, 4.69) is 6.07 Å². The predicted molar refractivity (Wildman–Crippen MR) is 41.0 cm³/mol. The Bertz CT molecular complexity index is 253. The maximum atomic E-state index is 7.08. The van der Waals surface area contributed by atoms with Gasteiger partial charge < -0.3 is 5.73 Å². The molecule has 51 valence electrons. The van der Waals surface area contributed by atoms with Crippen LogP contribution in [0.1, 0.15) is 11.1 Å². The molecule has 0 heterocycles. The molecule has 0 bridgehead atoms. The first kappa shape index (κ1) is 6.81. The molecule has 0 fully saturated rings. The van der Waals surface area contributed by atoms with E-state index in [1.54, 1.807) is 6.07 Å². The van der Waals surface area contributed by atoms with Crippen molar-refractivity contribution >= 4 is 5.84 Å². The molecule has 0 amide bonds. The average molecular weight is 133 g/mol. The molecule has 1 aromatic rings. The molecule has 0 spiro atoms. The number of aryl methyl sites for hydroxylation is 1. The van der Waals surface area contributed by atoms with E-state index >= 15 is 0 Å². The van der Waals surface area contributed by atoms with Gasteiger partial charge in [0, 0.05) is 5.56 Å². The number of nitrogens with one attached hydrogen (secondary N) is 1. The van der Waals surface area contributed by atoms with Gasteiger partial charge in [0.25, 0.3) is 0 Å². The Morgan fingerprint density at radius 3 is 2.80 bits per heavy atom. The summed E-state index contributed by atoms with van der Waals surface area (Å²) in [7, 11) is 0. The van der Waals surface area contributed by atoms with Crippen LogP contribution in [-0.2, 0) is 0 Å². The van der Waals surface area contributed by atoms with Crippen LogP contribution in [0.4, 0.5) is 0 Å². The third kappa shape index (κ3) is 1.35. The van der Waals surface area contributed by atoms with Crippen molar-refractivity contribution in [2.75, 3.05) is 0 Å². The topological polar surface area (TPSA) is 49.9 Å². The van der Waals surface area contributed by atoms with Crippen molar-refractivity contribution in [1.82, 2.24) is 0 Å². The highest BCUT2D eigenvalue weighted by Gasteiger charge is 1.93. The highest BCUT2D eigenvalue weighted by atomic mass is 14.7. The third-order valence-corrected chi connectivity index (χ3v) is 1.25. The summed E-state index contributed by atoms with van der Waals surface area (Å²) < 4.78 is 0. The second-order valence-electron chi connectivity index (χ2n) is 2.19. The van der Waals surface area contributed by atoms with E-state index in [1.165, 1.54) is 0 Å². The van der Waals surface area contributed by atoms with E-state index in [-0.39, 0.29) is 5.84 Å². The van der Waals surface area contributed by atoms with E-state index in [9.17, 15) is 0 Å². The van der Waals surface area contributed by atoms with Crippen LogP contribution in [0.3, 0.4) is 0 Å². The maximum Gasteiger partial charge on any atom is 0.123 e. The molecule has 0 aromatic heterocycles. The summed E-state index contributed by atoms with van der Waals surface area (Å²) in [6.45, 7) is 1.96. The number of hydrogen-bond donors (Lipinski definition) is 2. The zero-order valence-electron chi connectivity index (χ0n) is 5.81. The van der Waals surface area contributed by atoms with Crippen LogP contribution in [0.25, 0.3) is 0 Å². The molecule has 1 radical (unpaired) electrons. The summed E-state index contributed by atoms with van der Waals surface area (Å²) in [5.74, 6) is 0.0729. The van der Waals surface area contributed by atoms with Gasteiger partial charge in [0.15, 0.2) is 0 Å². The van der Waals surface area contributed by atoms with E-state index in [0.29, 0.717) is 5.56 Å². The summed E-state index contributed by atoms with van der Waals surface area (Å²) >= 11 is 0. The fraction of sp³-hybridized carbons (Fsp3) is 0.125. The summed E-state index contributed by atoms with van der Waals surface area (Å²) in [6.07, 6.45) is 0. The first-order chi connectivity index (χ1) is 4.70. The van der Waals surface area contributed by atoms with Crippen LogP contribution in [0, 0.1) is 18.4 Å². The molecule has 0 saturated carbocycles. The fourth-order valence-electron chi connectivity index (χ4n) is 0.736.